The van der Waals surface area contributed by atoms with Gasteiger partial charge in [-0.1, -0.05) is 206 Å². The van der Waals surface area contributed by atoms with Crippen LogP contribution in [0.1, 0.15) is 66.8 Å². The lowest BCUT2D eigenvalue weighted by Gasteiger charge is -2.50. The summed E-state index contributed by atoms with van der Waals surface area (Å²) in [5.41, 5.74) is 22.9. The van der Waals surface area contributed by atoms with Crippen molar-refractivity contribution >= 4 is 17.1 Å². The number of pyridine rings is 2. The lowest BCUT2D eigenvalue weighted by Crippen LogP contribution is -2.45. The van der Waals surface area contributed by atoms with Crippen molar-refractivity contribution in [2.45, 2.75) is 16.2 Å². The second kappa shape index (κ2) is 14.5. The van der Waals surface area contributed by atoms with Gasteiger partial charge in [0.05, 0.1) is 39.5 Å². The van der Waals surface area contributed by atoms with Crippen LogP contribution in [0, 0.1) is 0 Å². The molecule has 15 rings (SSSR count). The Bertz CT molecular complexity index is 3780. The minimum atomic E-state index is -0.828. The Balaban J connectivity index is 1.14. The quantitative estimate of drug-likeness (QED) is 0.172. The molecule has 9 aromatic carbocycles. The van der Waals surface area contributed by atoms with Gasteiger partial charge >= 0.3 is 0 Å². The van der Waals surface area contributed by atoms with E-state index in [0.29, 0.717) is 0 Å². The molecular formula is C67H43N3. The zero-order valence-corrected chi connectivity index (χ0v) is 38.2. The predicted octanol–water partition coefficient (Wildman–Crippen LogP) is 15.3. The second-order valence-electron chi connectivity index (χ2n) is 19.1. The molecule has 70 heavy (non-hydrogen) atoms. The fourth-order valence-corrected chi connectivity index (χ4v) is 13.6. The van der Waals surface area contributed by atoms with Gasteiger partial charge in [-0.05, 0) is 126 Å². The lowest BCUT2D eigenvalue weighted by molar-refractivity contribution is 0.620. The largest absolute Gasteiger partial charge is 0.309 e. The van der Waals surface area contributed by atoms with Gasteiger partial charge < -0.3 is 4.90 Å². The SMILES string of the molecule is c1ccc(N(c2ccccc2)c2cnc3c(c2)C2(c4ccccc4C(c4ccccc4)(c4ccccc4)c4cc5c(cc42)-c2ccccc2C52c4ccccc4-c4ccccc42)c2cccnc2-3)cc1. The number of benzene rings is 9. The van der Waals surface area contributed by atoms with Crippen LogP contribution in [-0.2, 0) is 16.2 Å². The van der Waals surface area contributed by atoms with Gasteiger partial charge in [0.15, 0.2) is 0 Å². The van der Waals surface area contributed by atoms with Crippen LogP contribution in [0.2, 0.25) is 0 Å². The van der Waals surface area contributed by atoms with Crippen LogP contribution in [0.15, 0.2) is 261 Å². The van der Waals surface area contributed by atoms with Crippen LogP contribution in [0.4, 0.5) is 17.1 Å². The highest BCUT2D eigenvalue weighted by Gasteiger charge is 2.60. The molecule has 0 fully saturated rings. The number of hydrogen-bond acceptors (Lipinski definition) is 3. The fourth-order valence-electron chi connectivity index (χ4n) is 13.6. The summed E-state index contributed by atoms with van der Waals surface area (Å²) in [6.45, 7) is 0. The Kier molecular flexibility index (Phi) is 8.13. The Morgan fingerprint density at radius 3 is 1.23 bits per heavy atom. The highest BCUT2D eigenvalue weighted by Crippen LogP contribution is 2.69. The summed E-state index contributed by atoms with van der Waals surface area (Å²) >= 11 is 0. The number of hydrogen-bond donors (Lipinski definition) is 0. The van der Waals surface area contributed by atoms with Crippen molar-refractivity contribution in [1.82, 2.24) is 9.97 Å². The van der Waals surface area contributed by atoms with E-state index in [1.54, 1.807) is 0 Å². The van der Waals surface area contributed by atoms with Crippen LogP contribution < -0.4 is 4.90 Å². The third kappa shape index (κ3) is 4.83. The molecule has 1 unspecified atom stereocenters. The smallest absolute Gasteiger partial charge is 0.0939 e. The molecule has 2 spiro atoms. The van der Waals surface area contributed by atoms with Gasteiger partial charge in [-0.3, -0.25) is 9.97 Å². The van der Waals surface area contributed by atoms with Crippen molar-refractivity contribution in [2.24, 2.45) is 0 Å². The first-order chi connectivity index (χ1) is 34.7. The predicted molar refractivity (Wildman–Crippen MR) is 282 cm³/mol. The molecule has 0 amide bonds. The number of aromatic nitrogens is 2. The monoisotopic (exact) mass is 889 g/mol. The van der Waals surface area contributed by atoms with Crippen LogP contribution in [-0.4, -0.2) is 9.97 Å². The Morgan fingerprint density at radius 2 is 0.671 bits per heavy atom. The molecule has 0 saturated carbocycles. The van der Waals surface area contributed by atoms with Crippen molar-refractivity contribution < 1.29 is 0 Å². The first kappa shape index (κ1) is 39.1. The summed E-state index contributed by atoms with van der Waals surface area (Å²) in [6.07, 6.45) is 3.98. The maximum absolute atomic E-state index is 5.53. The topological polar surface area (TPSA) is 29.0 Å². The number of rotatable bonds is 5. The number of fused-ring (bicyclic) bond motifs is 19. The summed E-state index contributed by atoms with van der Waals surface area (Å²) < 4.78 is 0. The van der Waals surface area contributed by atoms with E-state index in [1.807, 2.05) is 12.4 Å². The van der Waals surface area contributed by atoms with E-state index in [9.17, 15) is 0 Å². The molecule has 11 aromatic rings. The molecule has 0 bridgehead atoms. The third-order valence-corrected chi connectivity index (χ3v) is 16.1. The van der Waals surface area contributed by atoms with Crippen molar-refractivity contribution in [3.63, 3.8) is 0 Å². The third-order valence-electron chi connectivity index (χ3n) is 16.1. The normalized spacial score (nSPS) is 16.3. The maximum Gasteiger partial charge on any atom is 0.0939 e. The molecule has 1 atom stereocenters. The van der Waals surface area contributed by atoms with Crippen molar-refractivity contribution in [3.05, 3.63) is 328 Å². The van der Waals surface area contributed by atoms with Crippen LogP contribution in [0.3, 0.4) is 0 Å². The average molecular weight is 890 g/mol. The molecule has 0 saturated heterocycles. The Hall–Kier alpha value is -8.92. The van der Waals surface area contributed by atoms with Crippen LogP contribution >= 0.6 is 0 Å². The molecule has 2 aromatic heterocycles. The molecule has 326 valence electrons. The second-order valence-corrected chi connectivity index (χ2v) is 19.1. The molecule has 0 radical (unpaired) electrons. The van der Waals surface area contributed by atoms with Gasteiger partial charge in [0, 0.05) is 23.1 Å². The highest BCUT2D eigenvalue weighted by molar-refractivity contribution is 5.97. The molecule has 4 aliphatic carbocycles. The fraction of sp³-hybridized carbons (Fsp3) is 0.0448. The minimum absolute atomic E-state index is 0.551. The number of nitrogens with zero attached hydrogens (tertiary/aromatic N) is 3. The minimum Gasteiger partial charge on any atom is -0.309 e. The first-order valence-electron chi connectivity index (χ1n) is 24.3. The van der Waals surface area contributed by atoms with Gasteiger partial charge in [-0.2, -0.15) is 0 Å². The van der Waals surface area contributed by atoms with Gasteiger partial charge in [0.1, 0.15) is 0 Å². The molecule has 3 nitrogen and oxygen atoms in total. The van der Waals surface area contributed by atoms with Crippen LogP contribution in [0.5, 0.6) is 0 Å². The van der Waals surface area contributed by atoms with E-state index in [1.165, 1.54) is 77.9 Å². The van der Waals surface area contributed by atoms with E-state index < -0.39 is 16.2 Å². The Morgan fingerprint density at radius 1 is 0.257 bits per heavy atom. The van der Waals surface area contributed by atoms with E-state index in [0.717, 1.165) is 39.6 Å². The van der Waals surface area contributed by atoms with Crippen molar-refractivity contribution in [1.29, 1.82) is 0 Å². The van der Waals surface area contributed by atoms with Crippen LogP contribution in [0.25, 0.3) is 33.6 Å². The summed E-state index contributed by atoms with van der Waals surface area (Å²) in [5, 5.41) is 0. The Labute approximate surface area is 407 Å². The standard InChI is InChI=1S/C67H43N3/c1-5-22-44(23-6-1)65(45-24-7-2-8-25-45)56-36-19-20-37-57(56)67(58-38-21-39-68-63(58)64-62(67)40-48(43-69-64)70(46-26-9-3-10-27-46)47-28-11-4-12-29-47)60-41-52-51-32-15-18-35-55(51)66(59(52)42-61(60)65)53-33-16-13-30-49(53)50-31-14-17-34-54(50)66/h1-43H. The van der Waals surface area contributed by atoms with E-state index >= 15 is 0 Å². The summed E-state index contributed by atoms with van der Waals surface area (Å²) in [5.74, 6) is 0. The molecule has 4 aliphatic rings. The number of anilines is 3. The molecular weight excluding hydrogens is 847 g/mol. The van der Waals surface area contributed by atoms with E-state index in [2.05, 4.69) is 254 Å². The molecule has 3 heteroatoms. The average Bonchev–Trinajstić information content (AvgIpc) is 4.02. The first-order valence-corrected chi connectivity index (χ1v) is 24.3. The lowest BCUT2D eigenvalue weighted by atomic mass is 9.51. The maximum atomic E-state index is 5.53. The van der Waals surface area contributed by atoms with E-state index in [-0.39, 0.29) is 0 Å². The molecule has 2 heterocycles. The van der Waals surface area contributed by atoms with Gasteiger partial charge in [-0.15, -0.1) is 0 Å². The zero-order valence-electron chi connectivity index (χ0n) is 38.2. The summed E-state index contributed by atoms with van der Waals surface area (Å²) in [4.78, 5) is 13.1. The summed E-state index contributed by atoms with van der Waals surface area (Å²) in [7, 11) is 0. The number of para-hydroxylation sites is 2. The molecule has 0 aliphatic heterocycles. The zero-order chi connectivity index (χ0) is 46.0. The van der Waals surface area contributed by atoms with Crippen molar-refractivity contribution in [3.8, 4) is 33.6 Å². The van der Waals surface area contributed by atoms with Crippen molar-refractivity contribution in [2.75, 3.05) is 4.90 Å². The van der Waals surface area contributed by atoms with E-state index in [4.69, 9.17) is 9.97 Å². The highest BCUT2D eigenvalue weighted by atomic mass is 15.1. The summed E-state index contributed by atoms with van der Waals surface area (Å²) in [6, 6.07) is 92.7. The van der Waals surface area contributed by atoms with Gasteiger partial charge in [-0.25, -0.2) is 0 Å². The van der Waals surface area contributed by atoms with Gasteiger partial charge in [0.25, 0.3) is 0 Å². The molecule has 0 N–H and O–H groups in total. The van der Waals surface area contributed by atoms with Gasteiger partial charge in [0.2, 0.25) is 0 Å².